The summed E-state index contributed by atoms with van der Waals surface area (Å²) < 4.78 is 0. The van der Waals surface area contributed by atoms with Gasteiger partial charge in [-0.05, 0) is 49.9 Å². The minimum atomic E-state index is 0.169. The van der Waals surface area contributed by atoms with E-state index in [1.165, 1.54) is 32.1 Å². The van der Waals surface area contributed by atoms with Crippen LogP contribution < -0.4 is 10.6 Å². The summed E-state index contributed by atoms with van der Waals surface area (Å²) in [6.07, 6.45) is 6.38. The zero-order chi connectivity index (χ0) is 12.3. The second-order valence-electron chi connectivity index (χ2n) is 6.24. The van der Waals surface area contributed by atoms with E-state index < -0.39 is 0 Å². The van der Waals surface area contributed by atoms with Gasteiger partial charge in [-0.1, -0.05) is 13.8 Å². The number of carbonyl (C=O) groups is 1. The van der Waals surface area contributed by atoms with E-state index in [1.807, 2.05) is 0 Å². The van der Waals surface area contributed by atoms with Gasteiger partial charge in [0, 0.05) is 12.6 Å². The Hall–Kier alpha value is -0.570. The van der Waals surface area contributed by atoms with Crippen LogP contribution in [0.3, 0.4) is 0 Å². The van der Waals surface area contributed by atoms with Crippen molar-refractivity contribution in [1.29, 1.82) is 0 Å². The average molecular weight is 238 g/mol. The van der Waals surface area contributed by atoms with Gasteiger partial charge >= 0.3 is 0 Å². The molecular weight excluding hydrogens is 212 g/mol. The predicted molar refractivity (Wildman–Crippen MR) is 69.7 cm³/mol. The highest BCUT2D eigenvalue weighted by molar-refractivity contribution is 5.78. The second kappa shape index (κ2) is 5.85. The van der Waals surface area contributed by atoms with Gasteiger partial charge in [-0.3, -0.25) is 4.79 Å². The molecule has 98 valence electrons. The van der Waals surface area contributed by atoms with Crippen LogP contribution in [0, 0.1) is 17.8 Å². The summed E-state index contributed by atoms with van der Waals surface area (Å²) in [6, 6.07) is 0.542. The molecular formula is C14H26N2O. The maximum Gasteiger partial charge on any atom is 0.233 e. The third-order valence-corrected chi connectivity index (χ3v) is 4.01. The molecule has 2 saturated carbocycles. The van der Waals surface area contributed by atoms with Crippen LogP contribution in [0.1, 0.15) is 46.0 Å². The minimum Gasteiger partial charge on any atom is -0.355 e. The molecule has 2 aliphatic rings. The highest BCUT2D eigenvalue weighted by Crippen LogP contribution is 2.28. The van der Waals surface area contributed by atoms with Crippen LogP contribution in [0.5, 0.6) is 0 Å². The van der Waals surface area contributed by atoms with E-state index in [1.54, 1.807) is 0 Å². The first kappa shape index (κ1) is 12.9. The lowest BCUT2D eigenvalue weighted by Crippen LogP contribution is -2.42. The fourth-order valence-electron chi connectivity index (χ4n) is 2.99. The molecule has 2 rings (SSSR count). The molecule has 0 bridgehead atoms. The van der Waals surface area contributed by atoms with Gasteiger partial charge in [0.2, 0.25) is 5.91 Å². The van der Waals surface area contributed by atoms with Crippen LogP contribution >= 0.6 is 0 Å². The normalized spacial score (nSPS) is 33.4. The number of hydrogen-bond acceptors (Lipinski definition) is 2. The molecule has 2 aliphatic carbocycles. The van der Waals surface area contributed by atoms with Gasteiger partial charge in [-0.2, -0.15) is 0 Å². The van der Waals surface area contributed by atoms with Crippen LogP contribution in [-0.4, -0.2) is 25.0 Å². The first-order chi connectivity index (χ1) is 8.13. The molecule has 2 fully saturated rings. The SMILES string of the molecule is CC1CC(C)CC(NCC(=O)NCC2CC2)C1. The topological polar surface area (TPSA) is 41.1 Å². The van der Waals surface area contributed by atoms with Crippen molar-refractivity contribution in [3.05, 3.63) is 0 Å². The molecule has 17 heavy (non-hydrogen) atoms. The van der Waals surface area contributed by atoms with Gasteiger partial charge in [-0.25, -0.2) is 0 Å². The zero-order valence-corrected chi connectivity index (χ0v) is 11.2. The summed E-state index contributed by atoms with van der Waals surface area (Å²) >= 11 is 0. The number of rotatable bonds is 5. The van der Waals surface area contributed by atoms with Gasteiger partial charge in [0.1, 0.15) is 0 Å². The second-order valence-corrected chi connectivity index (χ2v) is 6.24. The van der Waals surface area contributed by atoms with Crippen molar-refractivity contribution in [2.24, 2.45) is 17.8 Å². The summed E-state index contributed by atoms with van der Waals surface area (Å²) in [7, 11) is 0. The first-order valence-electron chi connectivity index (χ1n) is 7.13. The quantitative estimate of drug-likeness (QED) is 0.768. The molecule has 0 aliphatic heterocycles. The number of hydrogen-bond donors (Lipinski definition) is 2. The fraction of sp³-hybridized carbons (Fsp3) is 0.929. The van der Waals surface area contributed by atoms with Gasteiger partial charge in [0.25, 0.3) is 0 Å². The van der Waals surface area contributed by atoms with Gasteiger partial charge < -0.3 is 10.6 Å². The number of carbonyl (C=O) groups excluding carboxylic acids is 1. The van der Waals surface area contributed by atoms with Crippen molar-refractivity contribution in [3.8, 4) is 0 Å². The van der Waals surface area contributed by atoms with Crippen LogP contribution in [-0.2, 0) is 4.79 Å². The molecule has 0 saturated heterocycles. The van der Waals surface area contributed by atoms with E-state index in [9.17, 15) is 4.79 Å². The Kier molecular flexibility index (Phi) is 4.43. The molecule has 2 N–H and O–H groups in total. The summed E-state index contributed by atoms with van der Waals surface area (Å²) in [6.45, 7) is 6.02. The molecule has 0 radical (unpaired) electrons. The Morgan fingerprint density at radius 3 is 2.35 bits per heavy atom. The third kappa shape index (κ3) is 4.66. The molecule has 0 heterocycles. The molecule has 1 amide bonds. The third-order valence-electron chi connectivity index (χ3n) is 4.01. The molecule has 2 atom stereocenters. The summed E-state index contributed by atoms with van der Waals surface area (Å²) in [5.74, 6) is 2.54. The maximum atomic E-state index is 11.6. The highest BCUT2D eigenvalue weighted by Gasteiger charge is 2.24. The van der Waals surface area contributed by atoms with E-state index in [0.717, 1.165) is 24.3 Å². The Bertz CT molecular complexity index is 253. The van der Waals surface area contributed by atoms with Crippen LogP contribution in [0.2, 0.25) is 0 Å². The lowest BCUT2D eigenvalue weighted by Gasteiger charge is -2.31. The Balaban J connectivity index is 1.60. The van der Waals surface area contributed by atoms with Gasteiger partial charge in [0.05, 0.1) is 6.54 Å². The lowest BCUT2D eigenvalue weighted by molar-refractivity contribution is -0.120. The largest absolute Gasteiger partial charge is 0.355 e. The smallest absolute Gasteiger partial charge is 0.233 e. The molecule has 0 aromatic carbocycles. The molecule has 0 aromatic heterocycles. The van der Waals surface area contributed by atoms with E-state index >= 15 is 0 Å². The van der Waals surface area contributed by atoms with Gasteiger partial charge in [-0.15, -0.1) is 0 Å². The van der Waals surface area contributed by atoms with Crippen LogP contribution in [0.25, 0.3) is 0 Å². The van der Waals surface area contributed by atoms with E-state index in [2.05, 4.69) is 24.5 Å². The Labute approximate surface area is 105 Å². The molecule has 3 nitrogen and oxygen atoms in total. The van der Waals surface area contributed by atoms with Crippen LogP contribution in [0.15, 0.2) is 0 Å². The summed E-state index contributed by atoms with van der Waals surface area (Å²) in [5.41, 5.74) is 0. The Morgan fingerprint density at radius 1 is 1.12 bits per heavy atom. The summed E-state index contributed by atoms with van der Waals surface area (Å²) in [4.78, 5) is 11.6. The number of amides is 1. The zero-order valence-electron chi connectivity index (χ0n) is 11.2. The summed E-state index contributed by atoms with van der Waals surface area (Å²) in [5, 5.41) is 6.42. The number of nitrogens with one attached hydrogen (secondary N) is 2. The first-order valence-corrected chi connectivity index (χ1v) is 7.13. The van der Waals surface area contributed by atoms with Crippen molar-refractivity contribution in [3.63, 3.8) is 0 Å². The van der Waals surface area contributed by atoms with E-state index in [-0.39, 0.29) is 5.91 Å². The maximum absolute atomic E-state index is 11.6. The van der Waals surface area contributed by atoms with Crippen molar-refractivity contribution in [2.75, 3.05) is 13.1 Å². The fourth-order valence-corrected chi connectivity index (χ4v) is 2.99. The standard InChI is InChI=1S/C14H26N2O/c1-10-5-11(2)7-13(6-10)15-9-14(17)16-8-12-3-4-12/h10-13,15H,3-9H2,1-2H3,(H,16,17). The van der Waals surface area contributed by atoms with E-state index in [0.29, 0.717) is 12.6 Å². The Morgan fingerprint density at radius 2 is 1.76 bits per heavy atom. The lowest BCUT2D eigenvalue weighted by atomic mass is 9.80. The van der Waals surface area contributed by atoms with Crippen molar-refractivity contribution in [2.45, 2.75) is 52.0 Å². The molecule has 2 unspecified atom stereocenters. The minimum absolute atomic E-state index is 0.169. The molecule has 0 spiro atoms. The van der Waals surface area contributed by atoms with Gasteiger partial charge in [0.15, 0.2) is 0 Å². The van der Waals surface area contributed by atoms with Crippen molar-refractivity contribution < 1.29 is 4.79 Å². The average Bonchev–Trinajstić information content (AvgIpc) is 3.06. The van der Waals surface area contributed by atoms with Crippen LogP contribution in [0.4, 0.5) is 0 Å². The van der Waals surface area contributed by atoms with Crippen molar-refractivity contribution in [1.82, 2.24) is 10.6 Å². The highest BCUT2D eigenvalue weighted by atomic mass is 16.1. The molecule has 0 aromatic rings. The van der Waals surface area contributed by atoms with Crippen molar-refractivity contribution >= 4 is 5.91 Å². The molecule has 3 heteroatoms. The van der Waals surface area contributed by atoms with E-state index in [4.69, 9.17) is 0 Å². The monoisotopic (exact) mass is 238 g/mol. The predicted octanol–water partition coefficient (Wildman–Crippen LogP) is 1.93.